The minimum atomic E-state index is -4.80. The van der Waals surface area contributed by atoms with Crippen molar-refractivity contribution in [3.63, 3.8) is 0 Å². The van der Waals surface area contributed by atoms with Crippen LogP contribution < -0.4 is 11.3 Å². The molecule has 138 valence electrons. The second-order valence-corrected chi connectivity index (χ2v) is 6.78. The molecule has 1 saturated heterocycles. The minimum Gasteiger partial charge on any atom is -0.387 e. The third kappa shape index (κ3) is 3.41. The highest BCUT2D eigenvalue weighted by molar-refractivity contribution is 7.46. The molecule has 0 bridgehead atoms. The predicted octanol–water partition coefficient (Wildman–Crippen LogP) is -1.92. The van der Waals surface area contributed by atoms with Crippen LogP contribution >= 0.6 is 19.4 Å². The fourth-order valence-corrected chi connectivity index (χ4v) is 3.05. The molecule has 3 heterocycles. The summed E-state index contributed by atoms with van der Waals surface area (Å²) in [6.45, 7) is -0.695. The van der Waals surface area contributed by atoms with Gasteiger partial charge < -0.3 is 30.5 Å². The number of aromatic nitrogens is 4. The van der Waals surface area contributed by atoms with Gasteiger partial charge in [0.2, 0.25) is 11.2 Å². The van der Waals surface area contributed by atoms with Gasteiger partial charge in [0, 0.05) is 0 Å². The molecule has 2 aromatic heterocycles. The van der Waals surface area contributed by atoms with Gasteiger partial charge in [-0.2, -0.15) is 4.98 Å². The fourth-order valence-electron chi connectivity index (χ4n) is 2.45. The van der Waals surface area contributed by atoms with E-state index in [1.54, 1.807) is 0 Å². The number of phosphoric ester groups is 1. The first kappa shape index (κ1) is 18.2. The van der Waals surface area contributed by atoms with E-state index in [1.807, 2.05) is 0 Å². The number of nitrogen functional groups attached to an aromatic ring is 1. The Morgan fingerprint density at radius 2 is 2.04 bits per heavy atom. The van der Waals surface area contributed by atoms with E-state index in [9.17, 15) is 19.6 Å². The van der Waals surface area contributed by atoms with Gasteiger partial charge in [-0.1, -0.05) is 0 Å². The zero-order valence-electron chi connectivity index (χ0n) is 12.2. The SMILES string of the molecule is Nc1nc2c(nc(Cl)n2[C@@H]2O[C@H](COP(=O)(O)O)[C@@H](O)[C@H]2O)c(=O)[nH]1. The number of nitrogens with two attached hydrogens (primary N) is 1. The largest absolute Gasteiger partial charge is 0.469 e. The molecule has 0 spiro atoms. The minimum absolute atomic E-state index is 0.0981. The monoisotopic (exact) mass is 397 g/mol. The average Bonchev–Trinajstić information content (AvgIpc) is 2.95. The highest BCUT2D eigenvalue weighted by Gasteiger charge is 2.46. The zero-order valence-corrected chi connectivity index (χ0v) is 13.8. The maximum absolute atomic E-state index is 11.8. The number of nitrogens with one attached hydrogen (secondary N) is 1. The Kier molecular flexibility index (Phi) is 4.59. The van der Waals surface area contributed by atoms with Crippen molar-refractivity contribution in [2.45, 2.75) is 24.5 Å². The van der Waals surface area contributed by atoms with Crippen molar-refractivity contribution >= 4 is 36.5 Å². The molecule has 1 aliphatic heterocycles. The number of phosphoric acid groups is 1. The van der Waals surface area contributed by atoms with Crippen molar-refractivity contribution in [2.75, 3.05) is 12.3 Å². The smallest absolute Gasteiger partial charge is 0.387 e. The lowest BCUT2D eigenvalue weighted by Crippen LogP contribution is -2.33. The molecule has 3 rings (SSSR count). The van der Waals surface area contributed by atoms with Crippen LogP contribution in [0.25, 0.3) is 11.2 Å². The van der Waals surface area contributed by atoms with Crippen molar-refractivity contribution in [2.24, 2.45) is 0 Å². The lowest BCUT2D eigenvalue weighted by Gasteiger charge is -2.17. The van der Waals surface area contributed by atoms with Crippen LogP contribution in [0.3, 0.4) is 0 Å². The van der Waals surface area contributed by atoms with Gasteiger partial charge in [0.15, 0.2) is 17.4 Å². The number of fused-ring (bicyclic) bond motifs is 1. The second-order valence-electron chi connectivity index (χ2n) is 5.21. The highest BCUT2D eigenvalue weighted by atomic mass is 35.5. The molecular formula is C10H13ClN5O8P. The third-order valence-corrected chi connectivity index (χ3v) is 4.28. The van der Waals surface area contributed by atoms with E-state index in [0.717, 1.165) is 4.57 Å². The van der Waals surface area contributed by atoms with Crippen molar-refractivity contribution < 1.29 is 33.8 Å². The summed E-state index contributed by atoms with van der Waals surface area (Å²) in [4.78, 5) is 39.2. The topological polar surface area (TPSA) is 206 Å². The summed E-state index contributed by atoms with van der Waals surface area (Å²) in [5, 5.41) is 19.9. The summed E-state index contributed by atoms with van der Waals surface area (Å²) in [6, 6.07) is 0. The van der Waals surface area contributed by atoms with E-state index in [-0.39, 0.29) is 22.4 Å². The Labute approximate surface area is 143 Å². The Morgan fingerprint density at radius 1 is 1.36 bits per heavy atom. The highest BCUT2D eigenvalue weighted by Crippen LogP contribution is 2.39. The van der Waals surface area contributed by atoms with E-state index in [0.29, 0.717) is 0 Å². The number of ether oxygens (including phenoxy) is 1. The Bertz CT molecular complexity index is 911. The van der Waals surface area contributed by atoms with Crippen LogP contribution in [0.5, 0.6) is 0 Å². The first-order valence-electron chi connectivity index (χ1n) is 6.73. The Balaban J connectivity index is 1.97. The van der Waals surface area contributed by atoms with Crippen LogP contribution in [-0.2, 0) is 13.8 Å². The maximum atomic E-state index is 11.8. The fraction of sp³-hybridized carbons (Fsp3) is 0.500. The number of aliphatic hydroxyl groups excluding tert-OH is 2. The molecule has 1 fully saturated rings. The first-order chi connectivity index (χ1) is 11.6. The molecule has 15 heteroatoms. The molecule has 4 atom stereocenters. The molecular weight excluding hydrogens is 385 g/mol. The summed E-state index contributed by atoms with van der Waals surface area (Å²) >= 11 is 5.97. The molecule has 7 N–H and O–H groups in total. The summed E-state index contributed by atoms with van der Waals surface area (Å²) in [5.41, 5.74) is 4.54. The molecule has 0 unspecified atom stereocenters. The van der Waals surface area contributed by atoms with Crippen molar-refractivity contribution in [1.29, 1.82) is 0 Å². The van der Waals surface area contributed by atoms with Crippen LogP contribution in [0, 0.1) is 0 Å². The molecule has 0 aliphatic carbocycles. The number of imidazole rings is 1. The third-order valence-electron chi connectivity index (χ3n) is 3.52. The van der Waals surface area contributed by atoms with E-state index < -0.39 is 44.5 Å². The standard InChI is InChI=1S/C10H13ClN5O8P/c11-9-13-3-6(14-10(12)15-7(3)19)16(9)8-5(18)4(17)2(24-8)1-23-25(20,21)22/h2,4-5,8,17-18H,1H2,(H2,20,21,22)(H3,12,14,15,19)/t2-,4-,5-,8-/m1/s1. The van der Waals surface area contributed by atoms with Gasteiger partial charge >= 0.3 is 7.82 Å². The molecule has 0 amide bonds. The summed E-state index contributed by atoms with van der Waals surface area (Å²) < 4.78 is 21.4. The normalized spacial score (nSPS) is 27.2. The number of halogens is 1. The molecule has 2 aromatic rings. The van der Waals surface area contributed by atoms with E-state index >= 15 is 0 Å². The van der Waals surface area contributed by atoms with E-state index in [2.05, 4.69) is 19.5 Å². The number of nitrogens with zero attached hydrogens (tertiary/aromatic N) is 3. The van der Waals surface area contributed by atoms with Gasteiger partial charge in [-0.05, 0) is 11.6 Å². The molecule has 0 saturated carbocycles. The summed E-state index contributed by atoms with van der Waals surface area (Å²) in [5.74, 6) is -0.232. The van der Waals surface area contributed by atoms with Gasteiger partial charge in [0.1, 0.15) is 18.3 Å². The number of anilines is 1. The molecule has 0 radical (unpaired) electrons. The first-order valence-corrected chi connectivity index (χ1v) is 8.64. The quantitative estimate of drug-likeness (QED) is 0.247. The molecule has 25 heavy (non-hydrogen) atoms. The summed E-state index contributed by atoms with van der Waals surface area (Å²) in [6.07, 6.45) is -5.74. The van der Waals surface area contributed by atoms with E-state index in [1.165, 1.54) is 0 Å². The summed E-state index contributed by atoms with van der Waals surface area (Å²) in [7, 11) is -4.80. The Hall–Kier alpha value is -1.57. The van der Waals surface area contributed by atoms with Gasteiger partial charge in [-0.3, -0.25) is 18.9 Å². The number of H-pyrrole nitrogens is 1. The lowest BCUT2D eigenvalue weighted by atomic mass is 10.1. The van der Waals surface area contributed by atoms with Gasteiger partial charge in [-0.15, -0.1) is 0 Å². The van der Waals surface area contributed by atoms with Gasteiger partial charge in [0.05, 0.1) is 6.61 Å². The average molecular weight is 398 g/mol. The van der Waals surface area contributed by atoms with Crippen LogP contribution in [0.2, 0.25) is 5.28 Å². The number of rotatable bonds is 4. The molecule has 1 aliphatic rings. The van der Waals surface area contributed by atoms with Crippen molar-refractivity contribution in [1.82, 2.24) is 19.5 Å². The molecule has 0 aromatic carbocycles. The van der Waals surface area contributed by atoms with Gasteiger partial charge in [-0.25, -0.2) is 9.55 Å². The van der Waals surface area contributed by atoms with Crippen LogP contribution in [0.15, 0.2) is 4.79 Å². The number of hydrogen-bond donors (Lipinski definition) is 6. The van der Waals surface area contributed by atoms with E-state index in [4.69, 9.17) is 31.9 Å². The molecule has 13 nitrogen and oxygen atoms in total. The number of aliphatic hydroxyl groups is 2. The van der Waals surface area contributed by atoms with Crippen LogP contribution in [-0.4, -0.2) is 64.4 Å². The maximum Gasteiger partial charge on any atom is 0.469 e. The zero-order chi connectivity index (χ0) is 18.5. The number of hydrogen-bond acceptors (Lipinski definition) is 9. The van der Waals surface area contributed by atoms with Crippen molar-refractivity contribution in [3.05, 3.63) is 15.6 Å². The second kappa shape index (κ2) is 6.30. The van der Waals surface area contributed by atoms with Crippen molar-refractivity contribution in [3.8, 4) is 0 Å². The predicted molar refractivity (Wildman–Crippen MR) is 81.5 cm³/mol. The van der Waals surface area contributed by atoms with Gasteiger partial charge in [0.25, 0.3) is 5.56 Å². The van der Waals surface area contributed by atoms with Crippen LogP contribution in [0.1, 0.15) is 6.23 Å². The number of aromatic amines is 1. The van der Waals surface area contributed by atoms with Crippen LogP contribution in [0.4, 0.5) is 5.95 Å². The Morgan fingerprint density at radius 3 is 2.68 bits per heavy atom. The lowest BCUT2D eigenvalue weighted by molar-refractivity contribution is -0.0502.